The van der Waals surface area contributed by atoms with Gasteiger partial charge in [0.05, 0.1) is 10.6 Å². The molecule has 1 aromatic carbocycles. The number of nitro groups is 1. The number of amides is 1. The number of rotatable bonds is 4. The van der Waals surface area contributed by atoms with Gasteiger partial charge in [-0.25, -0.2) is 0 Å². The van der Waals surface area contributed by atoms with Crippen LogP contribution in [-0.2, 0) is 4.79 Å². The molecule has 4 aliphatic carbocycles. The largest absolute Gasteiger partial charge is 0.362 e. The number of anilines is 2. The number of para-hydroxylation sites is 1. The molecule has 1 heterocycles. The molecule has 6 rings (SSSR count). The minimum absolute atomic E-state index is 0.0722. The molecule has 0 aromatic heterocycles. The number of nitro benzene ring substituents is 1. The third-order valence-electron chi connectivity index (χ3n) is 7.43. The predicted octanol–water partition coefficient (Wildman–Crippen LogP) is 3.02. The Morgan fingerprint density at radius 1 is 1.07 bits per heavy atom. The summed E-state index contributed by atoms with van der Waals surface area (Å²) in [5.74, 6) is 2.78. The molecule has 4 bridgehead atoms. The summed E-state index contributed by atoms with van der Waals surface area (Å²) in [4.78, 5) is 26.7. The van der Waals surface area contributed by atoms with Crippen molar-refractivity contribution in [1.82, 2.24) is 5.32 Å². The van der Waals surface area contributed by atoms with Crippen LogP contribution in [-0.4, -0.2) is 37.0 Å². The highest BCUT2D eigenvalue weighted by Gasteiger charge is 2.50. The molecule has 150 valence electrons. The lowest BCUT2D eigenvalue weighted by Gasteiger charge is -2.53. The van der Waals surface area contributed by atoms with Crippen molar-refractivity contribution in [3.05, 3.63) is 28.3 Å². The van der Waals surface area contributed by atoms with E-state index in [1.165, 1.54) is 38.2 Å². The number of carbonyl (C=O) groups is 1. The van der Waals surface area contributed by atoms with Crippen LogP contribution in [0.15, 0.2) is 18.2 Å². The number of hydrogen-bond acceptors (Lipinski definition) is 5. The van der Waals surface area contributed by atoms with Crippen LogP contribution >= 0.6 is 0 Å². The Balaban J connectivity index is 1.42. The number of hydrogen-bond donors (Lipinski definition) is 2. The van der Waals surface area contributed by atoms with Gasteiger partial charge in [0.15, 0.2) is 0 Å². The maximum atomic E-state index is 13.3. The lowest BCUT2D eigenvalue weighted by atomic mass is 9.51. The quantitative estimate of drug-likeness (QED) is 0.615. The SMILES string of the molecule is O=C(Nc1cccc([N+](=O)[O-])c1N1CCNCC1)C1C2CC3CC(C2)CC1C3. The molecule has 1 aliphatic heterocycles. The van der Waals surface area contributed by atoms with E-state index in [1.54, 1.807) is 6.07 Å². The van der Waals surface area contributed by atoms with E-state index >= 15 is 0 Å². The molecular formula is C21H28N4O3. The van der Waals surface area contributed by atoms with Crippen molar-refractivity contribution in [1.29, 1.82) is 0 Å². The average molecular weight is 384 g/mol. The standard InChI is InChI=1S/C21H28N4O3/c26-21(19-15-9-13-8-14(11-15)12-16(19)10-13)23-17-2-1-3-18(25(27)28)20(17)24-6-4-22-5-7-24/h1-3,13-16,19,22H,4-12H2,(H,23,26). The molecule has 2 N–H and O–H groups in total. The normalized spacial score (nSPS) is 33.7. The van der Waals surface area contributed by atoms with Gasteiger partial charge in [-0.2, -0.15) is 0 Å². The molecular weight excluding hydrogens is 356 g/mol. The maximum Gasteiger partial charge on any atom is 0.294 e. The Labute approximate surface area is 165 Å². The van der Waals surface area contributed by atoms with Crippen LogP contribution in [0.3, 0.4) is 0 Å². The lowest BCUT2D eigenvalue weighted by molar-refractivity contribution is -0.384. The summed E-state index contributed by atoms with van der Waals surface area (Å²) in [6, 6.07) is 5.03. The number of piperazine rings is 1. The van der Waals surface area contributed by atoms with E-state index in [9.17, 15) is 14.9 Å². The van der Waals surface area contributed by atoms with Gasteiger partial charge in [-0.3, -0.25) is 14.9 Å². The molecule has 0 radical (unpaired) electrons. The summed E-state index contributed by atoms with van der Waals surface area (Å²) >= 11 is 0. The second kappa shape index (κ2) is 7.03. The fourth-order valence-corrected chi connectivity index (χ4v) is 6.57. The summed E-state index contributed by atoms with van der Waals surface area (Å²) < 4.78 is 0. The smallest absolute Gasteiger partial charge is 0.294 e. The predicted molar refractivity (Wildman–Crippen MR) is 107 cm³/mol. The maximum absolute atomic E-state index is 13.3. The van der Waals surface area contributed by atoms with E-state index in [0.717, 1.165) is 24.9 Å². The second-order valence-electron chi connectivity index (χ2n) is 9.11. The van der Waals surface area contributed by atoms with Crippen LogP contribution < -0.4 is 15.5 Å². The first-order valence-electron chi connectivity index (χ1n) is 10.6. The zero-order chi connectivity index (χ0) is 19.3. The molecule has 7 nitrogen and oxygen atoms in total. The van der Waals surface area contributed by atoms with E-state index in [1.807, 2.05) is 11.0 Å². The van der Waals surface area contributed by atoms with Crippen molar-refractivity contribution in [3.63, 3.8) is 0 Å². The van der Waals surface area contributed by atoms with Crippen molar-refractivity contribution in [2.45, 2.75) is 32.1 Å². The molecule has 28 heavy (non-hydrogen) atoms. The van der Waals surface area contributed by atoms with E-state index in [0.29, 0.717) is 36.3 Å². The van der Waals surface area contributed by atoms with Crippen LogP contribution in [0, 0.1) is 39.7 Å². The topological polar surface area (TPSA) is 87.5 Å². The van der Waals surface area contributed by atoms with Crippen molar-refractivity contribution in [2.75, 3.05) is 36.4 Å². The van der Waals surface area contributed by atoms with Gasteiger partial charge in [-0.05, 0) is 61.8 Å². The molecule has 1 saturated heterocycles. The monoisotopic (exact) mass is 384 g/mol. The first kappa shape index (κ1) is 17.9. The van der Waals surface area contributed by atoms with Gasteiger partial charge in [-0.15, -0.1) is 0 Å². The van der Waals surface area contributed by atoms with E-state index in [4.69, 9.17) is 0 Å². The van der Waals surface area contributed by atoms with Gasteiger partial charge in [0, 0.05) is 38.2 Å². The third kappa shape index (κ3) is 3.05. The number of nitrogens with one attached hydrogen (secondary N) is 2. The van der Waals surface area contributed by atoms with Gasteiger partial charge < -0.3 is 15.5 Å². The Hall–Kier alpha value is -2.15. The fraction of sp³-hybridized carbons (Fsp3) is 0.667. The summed E-state index contributed by atoms with van der Waals surface area (Å²) in [7, 11) is 0. The molecule has 1 amide bonds. The summed E-state index contributed by atoms with van der Waals surface area (Å²) in [6.07, 6.45) is 6.10. The van der Waals surface area contributed by atoms with Crippen LogP contribution in [0.4, 0.5) is 17.1 Å². The van der Waals surface area contributed by atoms with Crippen LogP contribution in [0.25, 0.3) is 0 Å². The highest BCUT2D eigenvalue weighted by molar-refractivity contribution is 5.98. The highest BCUT2D eigenvalue weighted by atomic mass is 16.6. The summed E-state index contributed by atoms with van der Waals surface area (Å²) in [6.45, 7) is 2.97. The summed E-state index contributed by atoms with van der Waals surface area (Å²) in [5, 5.41) is 18.1. The van der Waals surface area contributed by atoms with E-state index < -0.39 is 0 Å². The minimum atomic E-state index is -0.337. The fourth-order valence-electron chi connectivity index (χ4n) is 6.57. The molecule has 5 fully saturated rings. The van der Waals surface area contributed by atoms with Gasteiger partial charge in [0.25, 0.3) is 5.69 Å². The first-order chi connectivity index (χ1) is 13.6. The molecule has 0 spiro atoms. The second-order valence-corrected chi connectivity index (χ2v) is 9.11. The van der Waals surface area contributed by atoms with Crippen LogP contribution in [0.1, 0.15) is 32.1 Å². The Morgan fingerprint density at radius 3 is 2.32 bits per heavy atom. The zero-order valence-corrected chi connectivity index (χ0v) is 16.1. The Kier molecular flexibility index (Phi) is 4.50. The zero-order valence-electron chi connectivity index (χ0n) is 16.1. The Bertz CT molecular complexity index is 762. The van der Waals surface area contributed by atoms with Gasteiger partial charge in [0.1, 0.15) is 5.69 Å². The van der Waals surface area contributed by atoms with Gasteiger partial charge >= 0.3 is 0 Å². The van der Waals surface area contributed by atoms with Gasteiger partial charge in [0.2, 0.25) is 5.91 Å². The summed E-state index contributed by atoms with van der Waals surface area (Å²) in [5.41, 5.74) is 1.23. The molecule has 1 aromatic rings. The Morgan fingerprint density at radius 2 is 1.71 bits per heavy atom. The average Bonchev–Trinajstić information content (AvgIpc) is 2.67. The number of nitrogens with zero attached hydrogens (tertiary/aromatic N) is 2. The van der Waals surface area contributed by atoms with Gasteiger partial charge in [-0.1, -0.05) is 6.07 Å². The molecule has 0 unspecified atom stereocenters. The molecule has 4 saturated carbocycles. The highest BCUT2D eigenvalue weighted by Crippen LogP contribution is 2.56. The molecule has 7 heteroatoms. The number of benzene rings is 1. The lowest BCUT2D eigenvalue weighted by Crippen LogP contribution is -2.49. The van der Waals surface area contributed by atoms with Crippen molar-refractivity contribution in [3.8, 4) is 0 Å². The van der Waals surface area contributed by atoms with Crippen LogP contribution in [0.5, 0.6) is 0 Å². The van der Waals surface area contributed by atoms with Crippen LogP contribution in [0.2, 0.25) is 0 Å². The van der Waals surface area contributed by atoms with E-state index in [2.05, 4.69) is 10.6 Å². The molecule has 5 aliphatic rings. The van der Waals surface area contributed by atoms with Crippen molar-refractivity contribution < 1.29 is 9.72 Å². The minimum Gasteiger partial charge on any atom is -0.362 e. The van der Waals surface area contributed by atoms with Crippen molar-refractivity contribution in [2.24, 2.45) is 29.6 Å². The number of carbonyl (C=O) groups excluding carboxylic acids is 1. The van der Waals surface area contributed by atoms with E-state index in [-0.39, 0.29) is 22.4 Å². The molecule has 0 atom stereocenters. The van der Waals surface area contributed by atoms with Crippen molar-refractivity contribution >= 4 is 23.0 Å². The first-order valence-corrected chi connectivity index (χ1v) is 10.6. The third-order valence-corrected chi connectivity index (χ3v) is 7.43.